The van der Waals surface area contributed by atoms with Crippen LogP contribution in [0.15, 0.2) is 53.3 Å². The Kier molecular flexibility index (Phi) is 3.54. The van der Waals surface area contributed by atoms with E-state index in [1.54, 1.807) is 48.5 Å². The van der Waals surface area contributed by atoms with Gasteiger partial charge in [0, 0.05) is 10.6 Å². The number of nitrogens with one attached hydrogen (secondary N) is 1. The predicted octanol–water partition coefficient (Wildman–Crippen LogP) is 3.00. The number of carbonyl (C=O) groups is 1. The molecule has 1 aromatic heterocycles. The van der Waals surface area contributed by atoms with Crippen LogP contribution in [0, 0.1) is 0 Å². The lowest BCUT2D eigenvalue weighted by molar-refractivity contribution is 0.0991. The molecule has 0 saturated heterocycles. The second-order valence-corrected chi connectivity index (χ2v) is 5.08. The van der Waals surface area contributed by atoms with Crippen LogP contribution in [0.1, 0.15) is 16.2 Å². The Hall–Kier alpha value is -2.46. The van der Waals surface area contributed by atoms with Gasteiger partial charge in [0.25, 0.3) is 5.56 Å². The Morgan fingerprint density at radius 3 is 2.76 bits per heavy atom. The van der Waals surface area contributed by atoms with Crippen molar-refractivity contribution in [1.29, 1.82) is 0 Å². The Morgan fingerprint density at radius 1 is 1.14 bits per heavy atom. The van der Waals surface area contributed by atoms with E-state index >= 15 is 0 Å². The number of para-hydroxylation sites is 1. The molecule has 1 heterocycles. The van der Waals surface area contributed by atoms with Gasteiger partial charge in [-0.1, -0.05) is 35.9 Å². The number of nitrogens with zero attached hydrogens (tertiary/aromatic N) is 1. The number of halogens is 1. The summed E-state index contributed by atoms with van der Waals surface area (Å²) in [6.45, 7) is 0. The fourth-order valence-corrected chi connectivity index (χ4v) is 2.32. The van der Waals surface area contributed by atoms with Crippen LogP contribution >= 0.6 is 11.6 Å². The molecule has 21 heavy (non-hydrogen) atoms. The SMILES string of the molecule is O=C(Cc1nc2ccccc2c(=O)[nH]1)c1cccc(Cl)c1. The molecule has 0 bridgehead atoms. The van der Waals surface area contributed by atoms with Gasteiger partial charge in [-0.05, 0) is 24.3 Å². The fourth-order valence-electron chi connectivity index (χ4n) is 2.13. The molecule has 0 unspecified atom stereocenters. The summed E-state index contributed by atoms with van der Waals surface area (Å²) in [7, 11) is 0. The molecule has 0 aliphatic rings. The highest BCUT2D eigenvalue weighted by Crippen LogP contribution is 2.13. The number of ketones is 1. The highest BCUT2D eigenvalue weighted by molar-refractivity contribution is 6.31. The second kappa shape index (κ2) is 5.50. The number of hydrogen-bond acceptors (Lipinski definition) is 3. The third kappa shape index (κ3) is 2.85. The van der Waals surface area contributed by atoms with Gasteiger partial charge in [-0.3, -0.25) is 9.59 Å². The Labute approximate surface area is 125 Å². The summed E-state index contributed by atoms with van der Waals surface area (Å²) in [6, 6.07) is 13.7. The Bertz CT molecular complexity index is 887. The van der Waals surface area contributed by atoms with E-state index in [0.717, 1.165) is 0 Å². The lowest BCUT2D eigenvalue weighted by Gasteiger charge is -2.03. The van der Waals surface area contributed by atoms with Gasteiger partial charge in [0.2, 0.25) is 0 Å². The smallest absolute Gasteiger partial charge is 0.258 e. The summed E-state index contributed by atoms with van der Waals surface area (Å²) in [5.41, 5.74) is 0.836. The van der Waals surface area contributed by atoms with Gasteiger partial charge < -0.3 is 4.98 Å². The molecular weight excluding hydrogens is 288 g/mol. The minimum atomic E-state index is -0.241. The van der Waals surface area contributed by atoms with Crippen LogP contribution in [0.25, 0.3) is 10.9 Å². The molecule has 0 fully saturated rings. The van der Waals surface area contributed by atoms with Crippen molar-refractivity contribution >= 4 is 28.3 Å². The number of aromatic nitrogens is 2. The zero-order valence-electron chi connectivity index (χ0n) is 11.0. The Morgan fingerprint density at radius 2 is 1.95 bits per heavy atom. The van der Waals surface area contributed by atoms with Gasteiger partial charge >= 0.3 is 0 Å². The summed E-state index contributed by atoms with van der Waals surface area (Å²) in [5, 5.41) is 1.01. The van der Waals surface area contributed by atoms with Crippen molar-refractivity contribution in [2.45, 2.75) is 6.42 Å². The van der Waals surface area contributed by atoms with Crippen LogP contribution in [-0.4, -0.2) is 15.8 Å². The van der Waals surface area contributed by atoms with E-state index in [1.807, 2.05) is 0 Å². The van der Waals surface area contributed by atoms with Crippen molar-refractivity contribution in [3.63, 3.8) is 0 Å². The third-order valence-corrected chi connectivity index (χ3v) is 3.37. The average molecular weight is 299 g/mol. The van der Waals surface area contributed by atoms with Gasteiger partial charge in [0.05, 0.1) is 17.3 Å². The molecule has 0 spiro atoms. The molecule has 4 nitrogen and oxygen atoms in total. The van der Waals surface area contributed by atoms with Crippen LogP contribution in [0.4, 0.5) is 0 Å². The lowest BCUT2D eigenvalue weighted by Crippen LogP contribution is -2.15. The van der Waals surface area contributed by atoms with Crippen molar-refractivity contribution in [3.8, 4) is 0 Å². The molecule has 5 heteroatoms. The minimum Gasteiger partial charge on any atom is -0.310 e. The quantitative estimate of drug-likeness (QED) is 0.756. The normalized spacial score (nSPS) is 10.7. The number of carbonyl (C=O) groups excluding carboxylic acids is 1. The van der Waals surface area contributed by atoms with Gasteiger partial charge in [0.15, 0.2) is 5.78 Å². The fraction of sp³-hybridized carbons (Fsp3) is 0.0625. The first kappa shape index (κ1) is 13.5. The minimum absolute atomic E-state index is 0.0282. The molecule has 0 atom stereocenters. The van der Waals surface area contributed by atoms with Crippen LogP contribution < -0.4 is 5.56 Å². The number of rotatable bonds is 3. The summed E-state index contributed by atoms with van der Waals surface area (Å²) < 4.78 is 0. The average Bonchev–Trinajstić information content (AvgIpc) is 2.47. The highest BCUT2D eigenvalue weighted by Gasteiger charge is 2.10. The van der Waals surface area contributed by atoms with E-state index in [1.165, 1.54) is 0 Å². The second-order valence-electron chi connectivity index (χ2n) is 4.64. The summed E-state index contributed by atoms with van der Waals surface area (Å²) >= 11 is 5.87. The Balaban J connectivity index is 1.95. The first-order chi connectivity index (χ1) is 10.1. The first-order valence-electron chi connectivity index (χ1n) is 6.40. The largest absolute Gasteiger partial charge is 0.310 e. The molecule has 0 amide bonds. The molecule has 3 aromatic rings. The molecule has 0 aliphatic carbocycles. The van der Waals surface area contributed by atoms with Crippen molar-refractivity contribution in [2.24, 2.45) is 0 Å². The van der Waals surface area contributed by atoms with Crippen LogP contribution in [-0.2, 0) is 6.42 Å². The van der Waals surface area contributed by atoms with Crippen molar-refractivity contribution in [2.75, 3.05) is 0 Å². The van der Waals surface area contributed by atoms with E-state index in [-0.39, 0.29) is 17.8 Å². The lowest BCUT2D eigenvalue weighted by atomic mass is 10.1. The summed E-state index contributed by atoms with van der Waals surface area (Å²) in [5.74, 6) is 0.208. The van der Waals surface area contributed by atoms with Crippen LogP contribution in [0.2, 0.25) is 5.02 Å². The van der Waals surface area contributed by atoms with Crippen molar-refractivity contribution in [3.05, 3.63) is 75.3 Å². The zero-order valence-corrected chi connectivity index (χ0v) is 11.7. The summed E-state index contributed by atoms with van der Waals surface area (Å²) in [6.07, 6.45) is 0.0282. The van der Waals surface area contributed by atoms with E-state index in [9.17, 15) is 9.59 Å². The predicted molar refractivity (Wildman–Crippen MR) is 81.9 cm³/mol. The first-order valence-corrected chi connectivity index (χ1v) is 6.78. The maximum atomic E-state index is 12.2. The third-order valence-electron chi connectivity index (χ3n) is 3.14. The number of fused-ring (bicyclic) bond motifs is 1. The number of aromatic amines is 1. The maximum absolute atomic E-state index is 12.2. The van der Waals surface area contributed by atoms with Crippen molar-refractivity contribution in [1.82, 2.24) is 9.97 Å². The topological polar surface area (TPSA) is 62.8 Å². The van der Waals surface area contributed by atoms with E-state index in [4.69, 9.17) is 11.6 Å². The van der Waals surface area contributed by atoms with E-state index in [2.05, 4.69) is 9.97 Å². The maximum Gasteiger partial charge on any atom is 0.258 e. The number of hydrogen-bond donors (Lipinski definition) is 1. The van der Waals surface area contributed by atoms with Crippen LogP contribution in [0.5, 0.6) is 0 Å². The molecule has 104 valence electrons. The number of benzene rings is 2. The van der Waals surface area contributed by atoms with Crippen molar-refractivity contribution < 1.29 is 4.79 Å². The van der Waals surface area contributed by atoms with Crippen LogP contribution in [0.3, 0.4) is 0 Å². The van der Waals surface area contributed by atoms with Gasteiger partial charge in [-0.2, -0.15) is 0 Å². The standard InChI is InChI=1S/C16H11ClN2O2/c17-11-5-3-4-10(8-11)14(20)9-15-18-13-7-2-1-6-12(13)16(21)19-15/h1-8H,9H2,(H,18,19,21). The summed E-state index contributed by atoms with van der Waals surface area (Å²) in [4.78, 5) is 31.1. The molecular formula is C16H11ClN2O2. The van der Waals surface area contributed by atoms with E-state index < -0.39 is 0 Å². The molecule has 0 aliphatic heterocycles. The molecule has 0 radical (unpaired) electrons. The monoisotopic (exact) mass is 298 g/mol. The highest BCUT2D eigenvalue weighted by atomic mass is 35.5. The molecule has 3 rings (SSSR count). The van der Waals surface area contributed by atoms with Gasteiger partial charge in [-0.25, -0.2) is 4.98 Å². The van der Waals surface area contributed by atoms with Gasteiger partial charge in [0.1, 0.15) is 5.82 Å². The number of H-pyrrole nitrogens is 1. The zero-order chi connectivity index (χ0) is 14.8. The van der Waals surface area contributed by atoms with E-state index in [0.29, 0.717) is 27.3 Å². The number of Topliss-reactive ketones (excluding diaryl/α,β-unsaturated/α-hetero) is 1. The molecule has 0 saturated carbocycles. The van der Waals surface area contributed by atoms with Gasteiger partial charge in [-0.15, -0.1) is 0 Å². The molecule has 1 N–H and O–H groups in total. The molecule has 2 aromatic carbocycles.